The van der Waals surface area contributed by atoms with Crippen LogP contribution in [0.3, 0.4) is 0 Å². The summed E-state index contributed by atoms with van der Waals surface area (Å²) in [7, 11) is 0. The van der Waals surface area contributed by atoms with Gasteiger partial charge in [-0.1, -0.05) is 12.1 Å². The van der Waals surface area contributed by atoms with Crippen molar-refractivity contribution in [3.8, 4) is 0 Å². The molecular weight excluding hydrogens is 322 g/mol. The topological polar surface area (TPSA) is 32.3 Å². The zero-order valence-corrected chi connectivity index (χ0v) is 13.6. The van der Waals surface area contributed by atoms with E-state index in [4.69, 9.17) is 0 Å². The summed E-state index contributed by atoms with van der Waals surface area (Å²) in [6, 6.07) is 4.85. The highest BCUT2D eigenvalue weighted by molar-refractivity contribution is 5.85. The molecule has 0 aromatic heterocycles. The number of halogens is 3. The van der Waals surface area contributed by atoms with Crippen molar-refractivity contribution in [2.45, 2.75) is 43.7 Å². The summed E-state index contributed by atoms with van der Waals surface area (Å²) in [5, 5.41) is 3.38. The van der Waals surface area contributed by atoms with E-state index in [1.807, 2.05) is 4.90 Å². The lowest BCUT2D eigenvalue weighted by Crippen LogP contribution is -2.43. The molecule has 1 aromatic carbocycles. The van der Waals surface area contributed by atoms with E-state index in [9.17, 15) is 13.6 Å². The zero-order chi connectivity index (χ0) is 15.3. The summed E-state index contributed by atoms with van der Waals surface area (Å²) in [6.07, 6.45) is 3.76. The molecule has 3 nitrogen and oxygen atoms in total. The first-order valence-corrected chi connectivity index (χ1v) is 8.13. The van der Waals surface area contributed by atoms with Crippen LogP contribution in [-0.4, -0.2) is 36.0 Å². The van der Waals surface area contributed by atoms with Gasteiger partial charge in [0.2, 0.25) is 5.91 Å². The van der Waals surface area contributed by atoms with E-state index in [2.05, 4.69) is 5.32 Å². The van der Waals surface area contributed by atoms with Gasteiger partial charge in [-0.05, 0) is 49.8 Å². The molecule has 0 spiro atoms. The number of rotatable bonds is 2. The maximum absolute atomic E-state index is 13.9. The van der Waals surface area contributed by atoms with Crippen LogP contribution in [0.5, 0.6) is 0 Å². The summed E-state index contributed by atoms with van der Waals surface area (Å²) < 4.78 is 27.3. The lowest BCUT2D eigenvalue weighted by atomic mass is 10.1. The lowest BCUT2D eigenvalue weighted by molar-refractivity contribution is -0.135. The highest BCUT2D eigenvalue weighted by Crippen LogP contribution is 2.50. The molecule has 4 unspecified atom stereocenters. The van der Waals surface area contributed by atoms with E-state index in [0.717, 1.165) is 38.4 Å². The molecule has 23 heavy (non-hydrogen) atoms. The number of nitrogens with one attached hydrogen (secondary N) is 1. The second kappa shape index (κ2) is 6.36. The first-order valence-electron chi connectivity index (χ1n) is 8.13. The lowest BCUT2D eigenvalue weighted by Gasteiger charge is -2.28. The Bertz CT molecular complexity index is 598. The monoisotopic (exact) mass is 342 g/mol. The quantitative estimate of drug-likeness (QED) is 0.896. The van der Waals surface area contributed by atoms with E-state index in [1.54, 1.807) is 6.07 Å². The Balaban J connectivity index is 0.00000156. The number of fused-ring (bicyclic) bond motifs is 2. The highest BCUT2D eigenvalue weighted by atomic mass is 35.5. The Morgan fingerprint density at radius 3 is 2.78 bits per heavy atom. The number of hydrogen-bond donors (Lipinski definition) is 1. The molecule has 126 valence electrons. The molecule has 2 heterocycles. The Morgan fingerprint density at radius 2 is 1.96 bits per heavy atom. The van der Waals surface area contributed by atoms with Gasteiger partial charge in [0.05, 0.1) is 0 Å². The summed E-state index contributed by atoms with van der Waals surface area (Å²) in [5.74, 6) is -1.79. The molecule has 1 amide bonds. The zero-order valence-electron chi connectivity index (χ0n) is 12.8. The van der Waals surface area contributed by atoms with Gasteiger partial charge in [-0.2, -0.15) is 0 Å². The fourth-order valence-electron chi connectivity index (χ4n) is 4.15. The maximum Gasteiger partial charge on any atom is 0.226 e. The van der Waals surface area contributed by atoms with Crippen molar-refractivity contribution in [3.05, 3.63) is 35.4 Å². The van der Waals surface area contributed by atoms with Crippen molar-refractivity contribution in [2.75, 3.05) is 13.1 Å². The first kappa shape index (κ1) is 16.7. The van der Waals surface area contributed by atoms with Gasteiger partial charge in [-0.15, -0.1) is 12.4 Å². The van der Waals surface area contributed by atoms with Crippen LogP contribution >= 0.6 is 12.4 Å². The summed E-state index contributed by atoms with van der Waals surface area (Å²) in [6.45, 7) is 1.81. The Labute approximate surface area is 140 Å². The molecule has 2 bridgehead atoms. The molecular formula is C17H21ClF2N2O. The van der Waals surface area contributed by atoms with E-state index in [1.165, 1.54) is 6.07 Å². The molecule has 4 rings (SSSR count). The minimum Gasteiger partial charge on any atom is -0.335 e. The van der Waals surface area contributed by atoms with Crippen LogP contribution in [-0.2, 0) is 4.79 Å². The molecule has 2 aliphatic heterocycles. The molecule has 0 radical (unpaired) electrons. The predicted octanol–water partition coefficient (Wildman–Crippen LogP) is 2.84. The summed E-state index contributed by atoms with van der Waals surface area (Å²) >= 11 is 0. The van der Waals surface area contributed by atoms with Crippen molar-refractivity contribution in [1.82, 2.24) is 10.2 Å². The van der Waals surface area contributed by atoms with Crippen molar-refractivity contribution in [2.24, 2.45) is 5.92 Å². The third-order valence-electron chi connectivity index (χ3n) is 5.40. The van der Waals surface area contributed by atoms with Gasteiger partial charge in [0.1, 0.15) is 0 Å². The smallest absolute Gasteiger partial charge is 0.226 e. The van der Waals surface area contributed by atoms with Crippen LogP contribution in [0, 0.1) is 17.6 Å². The third kappa shape index (κ3) is 2.85. The molecule has 1 aliphatic carbocycles. The molecule has 6 heteroatoms. The molecule has 1 aromatic rings. The van der Waals surface area contributed by atoms with E-state index in [-0.39, 0.29) is 36.2 Å². The Morgan fingerprint density at radius 1 is 1.17 bits per heavy atom. The fraction of sp³-hybridized carbons (Fsp3) is 0.588. The standard InChI is InChI=1S/C17H20F2N2O.ClH/c18-15-3-1-2-12(16(15)19)13-8-14(13)17(22)21-10-4-5-11(21)9-20-7-6-10;/h1-3,10-11,13-14,20H,4-9H2;1H. The highest BCUT2D eigenvalue weighted by Gasteiger charge is 2.50. The van der Waals surface area contributed by atoms with Gasteiger partial charge >= 0.3 is 0 Å². The number of carbonyl (C=O) groups excluding carboxylic acids is 1. The van der Waals surface area contributed by atoms with Gasteiger partial charge in [-0.25, -0.2) is 8.78 Å². The number of hydrogen-bond acceptors (Lipinski definition) is 2. The molecule has 1 N–H and O–H groups in total. The Kier molecular flexibility index (Phi) is 4.61. The minimum absolute atomic E-state index is 0. The SMILES string of the molecule is Cl.O=C(C1CC1c1cccc(F)c1F)N1C2CCNCC1CC2. The second-order valence-corrected chi connectivity index (χ2v) is 6.72. The predicted molar refractivity (Wildman–Crippen MR) is 85.6 cm³/mol. The van der Waals surface area contributed by atoms with E-state index >= 15 is 0 Å². The first-order chi connectivity index (χ1) is 10.7. The van der Waals surface area contributed by atoms with Gasteiger partial charge in [0.25, 0.3) is 0 Å². The molecule has 4 atom stereocenters. The van der Waals surface area contributed by atoms with Crippen LogP contribution < -0.4 is 5.32 Å². The minimum atomic E-state index is -0.824. The van der Waals surface area contributed by atoms with Crippen LogP contribution in [0.1, 0.15) is 37.2 Å². The normalized spacial score (nSPS) is 32.2. The van der Waals surface area contributed by atoms with Crippen molar-refractivity contribution in [3.63, 3.8) is 0 Å². The molecule has 2 saturated heterocycles. The van der Waals surface area contributed by atoms with E-state index < -0.39 is 11.6 Å². The van der Waals surface area contributed by atoms with Gasteiger partial charge in [0, 0.05) is 24.5 Å². The van der Waals surface area contributed by atoms with Crippen LogP contribution in [0.4, 0.5) is 8.78 Å². The van der Waals surface area contributed by atoms with E-state index in [0.29, 0.717) is 18.0 Å². The number of carbonyl (C=O) groups is 1. The largest absolute Gasteiger partial charge is 0.335 e. The third-order valence-corrected chi connectivity index (χ3v) is 5.40. The van der Waals surface area contributed by atoms with Crippen molar-refractivity contribution in [1.29, 1.82) is 0 Å². The van der Waals surface area contributed by atoms with Gasteiger partial charge in [-0.3, -0.25) is 4.79 Å². The summed E-state index contributed by atoms with van der Waals surface area (Å²) in [5.41, 5.74) is 0.360. The average Bonchev–Trinajstić information content (AvgIpc) is 3.21. The van der Waals surface area contributed by atoms with Crippen molar-refractivity contribution < 1.29 is 13.6 Å². The maximum atomic E-state index is 13.9. The number of amides is 1. The fourth-order valence-corrected chi connectivity index (χ4v) is 4.15. The van der Waals surface area contributed by atoms with Crippen LogP contribution in [0.15, 0.2) is 18.2 Å². The Hall–Kier alpha value is -1.20. The van der Waals surface area contributed by atoms with Crippen molar-refractivity contribution >= 4 is 18.3 Å². The number of nitrogens with zero attached hydrogens (tertiary/aromatic N) is 1. The average molecular weight is 343 g/mol. The molecule has 1 saturated carbocycles. The van der Waals surface area contributed by atoms with Gasteiger partial charge in [0.15, 0.2) is 11.6 Å². The summed E-state index contributed by atoms with van der Waals surface area (Å²) in [4.78, 5) is 14.9. The van der Waals surface area contributed by atoms with Gasteiger partial charge < -0.3 is 10.2 Å². The van der Waals surface area contributed by atoms with Crippen LogP contribution in [0.25, 0.3) is 0 Å². The molecule has 3 aliphatic rings. The molecule has 3 fully saturated rings. The number of benzene rings is 1. The van der Waals surface area contributed by atoms with Crippen LogP contribution in [0.2, 0.25) is 0 Å². The second-order valence-electron chi connectivity index (χ2n) is 6.72.